The van der Waals surface area contributed by atoms with Crippen LogP contribution in [-0.2, 0) is 16.6 Å². The Balaban J connectivity index is 1.69. The maximum absolute atomic E-state index is 16.2. The summed E-state index contributed by atoms with van der Waals surface area (Å²) < 4.78 is 29.0. The Morgan fingerprint density at radius 2 is 1.91 bits per heavy atom. The number of benzene rings is 2. The van der Waals surface area contributed by atoms with Gasteiger partial charge in [0.25, 0.3) is 0 Å². The smallest absolute Gasteiger partial charge is 0.407 e. The lowest BCUT2D eigenvalue weighted by Crippen LogP contribution is -2.37. The van der Waals surface area contributed by atoms with E-state index in [1.807, 2.05) is 0 Å². The SMILES string of the molecule is CC#Cc1cc(OC2CC2)c(C#N)c(-c2c(-c3cc(C#N)c4c(c3)C(CNC(=O)OC(C)(C)C)=NNC4=C=O)cnn2C)c1F. The molecule has 226 valence electrons. The molecule has 2 N–H and O–H groups in total. The van der Waals surface area contributed by atoms with Gasteiger partial charge in [0.05, 0.1) is 53.0 Å². The molecule has 1 amide bonds. The molecule has 0 radical (unpaired) electrons. The van der Waals surface area contributed by atoms with E-state index in [0.29, 0.717) is 22.4 Å². The van der Waals surface area contributed by atoms with Crippen LogP contribution in [0.4, 0.5) is 9.18 Å². The molecule has 2 heterocycles. The molecule has 0 bridgehead atoms. The van der Waals surface area contributed by atoms with Crippen molar-refractivity contribution >= 4 is 23.4 Å². The minimum Gasteiger partial charge on any atom is -0.489 e. The summed E-state index contributed by atoms with van der Waals surface area (Å²) in [5.74, 6) is 6.75. The van der Waals surface area contributed by atoms with Crippen molar-refractivity contribution < 1.29 is 23.5 Å². The van der Waals surface area contributed by atoms with Gasteiger partial charge in [-0.05, 0) is 58.2 Å². The molecule has 1 aliphatic heterocycles. The number of amides is 1. The molecule has 1 fully saturated rings. The first kappa shape index (κ1) is 30.6. The van der Waals surface area contributed by atoms with Crippen molar-refractivity contribution in [2.45, 2.75) is 52.2 Å². The Labute approximate surface area is 258 Å². The van der Waals surface area contributed by atoms with Crippen LogP contribution < -0.4 is 15.5 Å². The molecular weight excluding hydrogens is 577 g/mol. The molecule has 0 spiro atoms. The number of carbonyl (C=O) groups is 1. The van der Waals surface area contributed by atoms with E-state index in [-0.39, 0.29) is 57.6 Å². The molecule has 1 aliphatic carbocycles. The molecule has 1 aromatic heterocycles. The van der Waals surface area contributed by atoms with Crippen LogP contribution in [0, 0.1) is 40.3 Å². The van der Waals surface area contributed by atoms with E-state index in [9.17, 15) is 20.1 Å². The molecule has 5 rings (SSSR count). The number of hydrogen-bond acceptors (Lipinski definition) is 9. The number of aryl methyl sites for hydroxylation is 1. The van der Waals surface area contributed by atoms with Crippen molar-refractivity contribution in [2.24, 2.45) is 12.1 Å². The molecule has 12 heteroatoms. The summed E-state index contributed by atoms with van der Waals surface area (Å²) in [4.78, 5) is 24.2. The van der Waals surface area contributed by atoms with Gasteiger partial charge in [-0.2, -0.15) is 20.7 Å². The molecule has 45 heavy (non-hydrogen) atoms. The topological polar surface area (TPSA) is 154 Å². The van der Waals surface area contributed by atoms with Gasteiger partial charge in [0.2, 0.25) is 0 Å². The highest BCUT2D eigenvalue weighted by atomic mass is 19.1. The predicted octanol–water partition coefficient (Wildman–Crippen LogP) is 4.55. The van der Waals surface area contributed by atoms with Crippen molar-refractivity contribution in [3.8, 4) is 52.1 Å². The molecular formula is C33H28FN7O4. The highest BCUT2D eigenvalue weighted by Crippen LogP contribution is 2.42. The number of fused-ring (bicyclic) bond motifs is 1. The minimum atomic E-state index is -0.735. The Morgan fingerprint density at radius 1 is 1.16 bits per heavy atom. The van der Waals surface area contributed by atoms with E-state index >= 15 is 4.39 Å². The number of nitrogens with one attached hydrogen (secondary N) is 2. The normalized spacial score (nSPS) is 13.5. The quantitative estimate of drug-likeness (QED) is 0.306. The van der Waals surface area contributed by atoms with E-state index in [4.69, 9.17) is 9.47 Å². The van der Waals surface area contributed by atoms with Gasteiger partial charge < -0.3 is 14.8 Å². The number of rotatable bonds is 6. The minimum absolute atomic E-state index is 0.0106. The van der Waals surface area contributed by atoms with Gasteiger partial charge in [0.1, 0.15) is 34.5 Å². The van der Waals surface area contributed by atoms with E-state index in [1.165, 1.54) is 23.0 Å². The van der Waals surface area contributed by atoms with Gasteiger partial charge >= 0.3 is 6.09 Å². The average Bonchev–Trinajstić information content (AvgIpc) is 3.74. The second kappa shape index (κ2) is 12.0. The average molecular weight is 606 g/mol. The van der Waals surface area contributed by atoms with Crippen molar-refractivity contribution in [3.63, 3.8) is 0 Å². The number of carbonyl (C=O) groups excluding carboxylic acids is 2. The third-order valence-corrected chi connectivity index (χ3v) is 6.93. The fourth-order valence-corrected chi connectivity index (χ4v) is 4.90. The number of hydrazone groups is 1. The number of aromatic nitrogens is 2. The largest absolute Gasteiger partial charge is 0.489 e. The van der Waals surface area contributed by atoms with Gasteiger partial charge in [-0.3, -0.25) is 10.1 Å². The monoisotopic (exact) mass is 605 g/mol. The van der Waals surface area contributed by atoms with Gasteiger partial charge in [-0.1, -0.05) is 5.92 Å². The van der Waals surface area contributed by atoms with E-state index in [2.05, 4.69) is 44.9 Å². The standard InChI is InChI=1S/C33H28FN7O4/c1-6-7-18-12-27(44-21-8-9-21)23(14-36)29(30(18)34)31-24(15-38-41(31)5)19-10-20(13-35)28-22(11-19)25(39-40-26(28)17-42)16-37-32(43)45-33(2,3)4/h10-12,15,21,40H,8-9,16H2,1-5H3,(H,37,43). The maximum Gasteiger partial charge on any atom is 0.407 e. The molecule has 11 nitrogen and oxygen atoms in total. The van der Waals surface area contributed by atoms with Crippen LogP contribution in [0.2, 0.25) is 0 Å². The molecule has 2 aliphatic rings. The first-order valence-electron chi connectivity index (χ1n) is 14.0. The van der Waals surface area contributed by atoms with Crippen LogP contribution in [0.3, 0.4) is 0 Å². The lowest BCUT2D eigenvalue weighted by molar-refractivity contribution is 0.0536. The van der Waals surface area contributed by atoms with Gasteiger partial charge in [0.15, 0.2) is 5.94 Å². The Kier molecular flexibility index (Phi) is 8.16. The molecule has 0 unspecified atom stereocenters. The number of nitrogens with zero attached hydrogens (tertiary/aromatic N) is 5. The second-order valence-corrected chi connectivity index (χ2v) is 11.4. The van der Waals surface area contributed by atoms with Crippen LogP contribution in [-0.4, -0.2) is 45.8 Å². The first-order chi connectivity index (χ1) is 21.5. The summed E-state index contributed by atoms with van der Waals surface area (Å²) in [6, 6.07) is 8.85. The van der Waals surface area contributed by atoms with Crippen molar-refractivity contribution in [1.82, 2.24) is 20.5 Å². The zero-order chi connectivity index (χ0) is 32.5. The lowest BCUT2D eigenvalue weighted by Gasteiger charge is -2.23. The molecule has 2 aromatic carbocycles. The molecule has 0 saturated heterocycles. The zero-order valence-corrected chi connectivity index (χ0v) is 25.3. The Hall–Kier alpha value is -5.89. The van der Waals surface area contributed by atoms with Crippen LogP contribution in [0.15, 0.2) is 29.5 Å². The maximum atomic E-state index is 16.2. The first-order valence-corrected chi connectivity index (χ1v) is 14.0. The zero-order valence-electron chi connectivity index (χ0n) is 25.3. The molecule has 0 atom stereocenters. The summed E-state index contributed by atoms with van der Waals surface area (Å²) in [6.45, 7) is 6.66. The number of ether oxygens (including phenoxy) is 2. The molecule has 3 aromatic rings. The summed E-state index contributed by atoms with van der Waals surface area (Å²) in [6.07, 6.45) is 2.39. The fraction of sp³-hybridized carbons (Fsp3) is 0.303. The highest BCUT2D eigenvalue weighted by molar-refractivity contribution is 6.12. The number of halogens is 1. The Bertz CT molecular complexity index is 1970. The van der Waals surface area contributed by atoms with Crippen molar-refractivity contribution in [3.05, 3.63) is 58.0 Å². The number of hydrogen-bond donors (Lipinski definition) is 2. The predicted molar refractivity (Wildman–Crippen MR) is 163 cm³/mol. The lowest BCUT2D eigenvalue weighted by atomic mass is 9.88. The van der Waals surface area contributed by atoms with Crippen molar-refractivity contribution in [2.75, 3.05) is 6.54 Å². The van der Waals surface area contributed by atoms with Gasteiger partial charge in [-0.25, -0.2) is 14.0 Å². The fourth-order valence-electron chi connectivity index (χ4n) is 4.90. The van der Waals surface area contributed by atoms with Crippen LogP contribution in [0.5, 0.6) is 5.75 Å². The van der Waals surface area contributed by atoms with Crippen LogP contribution in [0.1, 0.15) is 68.4 Å². The Morgan fingerprint density at radius 3 is 2.53 bits per heavy atom. The highest BCUT2D eigenvalue weighted by Gasteiger charge is 2.31. The summed E-state index contributed by atoms with van der Waals surface area (Å²) in [7, 11) is 1.61. The van der Waals surface area contributed by atoms with Crippen LogP contribution in [0.25, 0.3) is 28.1 Å². The van der Waals surface area contributed by atoms with E-state index < -0.39 is 17.5 Å². The van der Waals surface area contributed by atoms with Gasteiger partial charge in [-0.15, -0.1) is 5.92 Å². The summed E-state index contributed by atoms with van der Waals surface area (Å²) in [5.41, 5.74) is 3.85. The van der Waals surface area contributed by atoms with Crippen molar-refractivity contribution in [1.29, 1.82) is 10.5 Å². The summed E-state index contributed by atoms with van der Waals surface area (Å²) in [5, 5.41) is 31.6. The van der Waals surface area contributed by atoms with E-state index in [0.717, 1.165) is 12.8 Å². The van der Waals surface area contributed by atoms with E-state index in [1.54, 1.807) is 46.8 Å². The number of nitriles is 2. The third-order valence-electron chi connectivity index (χ3n) is 6.93. The molecule has 1 saturated carbocycles. The van der Waals surface area contributed by atoms with Gasteiger partial charge in [0, 0.05) is 29.8 Å². The summed E-state index contributed by atoms with van der Waals surface area (Å²) >= 11 is 0. The second-order valence-electron chi connectivity index (χ2n) is 11.4. The van der Waals surface area contributed by atoms with Crippen LogP contribution >= 0.6 is 0 Å². The number of alkyl carbamates (subject to hydrolysis) is 1. The third kappa shape index (κ3) is 6.12.